The molecule has 0 atom stereocenters. The molecular formula is C21H23FIN5. The summed E-state index contributed by atoms with van der Waals surface area (Å²) in [6.45, 7) is 3.03. The number of rotatable bonds is 5. The summed E-state index contributed by atoms with van der Waals surface area (Å²) in [5.74, 6) is 0.251. The molecule has 0 saturated carbocycles. The number of nitrogens with zero attached hydrogens (tertiary/aromatic N) is 2. The number of para-hydroxylation sites is 1. The zero-order valence-corrected chi connectivity index (χ0v) is 18.2. The standard InChI is InChI=1S/C21H22FN5.HI/c1-14-17(18-5-3-4-6-20(18)27-14)9-10-25-21(24-2)26-13-16-11-15(12-23)7-8-19(16)22;/h3-8,11,27H,9-10,13H2,1-2H3,(H2,24,25,26);1H. The van der Waals surface area contributed by atoms with Crippen molar-refractivity contribution in [3.05, 3.63) is 70.7 Å². The summed E-state index contributed by atoms with van der Waals surface area (Å²) in [7, 11) is 1.67. The van der Waals surface area contributed by atoms with E-state index in [1.165, 1.54) is 23.1 Å². The van der Waals surface area contributed by atoms with Crippen molar-refractivity contribution < 1.29 is 4.39 Å². The van der Waals surface area contributed by atoms with E-state index in [9.17, 15) is 4.39 Å². The lowest BCUT2D eigenvalue weighted by Gasteiger charge is -2.12. The highest BCUT2D eigenvalue weighted by molar-refractivity contribution is 14.0. The quantitative estimate of drug-likeness (QED) is 0.287. The molecule has 0 fully saturated rings. The van der Waals surface area contributed by atoms with E-state index in [0.29, 0.717) is 23.6 Å². The molecule has 0 amide bonds. The van der Waals surface area contributed by atoms with Gasteiger partial charge in [-0.1, -0.05) is 18.2 Å². The van der Waals surface area contributed by atoms with E-state index in [2.05, 4.69) is 39.7 Å². The van der Waals surface area contributed by atoms with Crippen LogP contribution in [0.4, 0.5) is 4.39 Å². The van der Waals surface area contributed by atoms with Crippen molar-refractivity contribution in [3.63, 3.8) is 0 Å². The van der Waals surface area contributed by atoms with E-state index in [1.807, 2.05) is 18.2 Å². The number of nitriles is 1. The first-order valence-corrected chi connectivity index (χ1v) is 8.81. The van der Waals surface area contributed by atoms with Crippen LogP contribution in [0.3, 0.4) is 0 Å². The van der Waals surface area contributed by atoms with Crippen LogP contribution in [-0.4, -0.2) is 24.5 Å². The van der Waals surface area contributed by atoms with Crippen LogP contribution >= 0.6 is 24.0 Å². The minimum absolute atomic E-state index is 0. The summed E-state index contributed by atoms with van der Waals surface area (Å²) in [4.78, 5) is 7.58. The highest BCUT2D eigenvalue weighted by Gasteiger charge is 2.09. The van der Waals surface area contributed by atoms with E-state index in [0.717, 1.165) is 17.6 Å². The fourth-order valence-corrected chi connectivity index (χ4v) is 3.14. The van der Waals surface area contributed by atoms with Gasteiger partial charge in [-0.05, 0) is 43.2 Å². The molecule has 28 heavy (non-hydrogen) atoms. The number of aryl methyl sites for hydroxylation is 1. The minimum atomic E-state index is -0.341. The zero-order valence-electron chi connectivity index (χ0n) is 15.8. The fraction of sp³-hybridized carbons (Fsp3) is 0.238. The number of H-pyrrole nitrogens is 1. The molecule has 0 aliphatic carbocycles. The van der Waals surface area contributed by atoms with E-state index >= 15 is 0 Å². The number of aliphatic imine (C=N–C) groups is 1. The molecule has 3 aromatic rings. The van der Waals surface area contributed by atoms with Crippen LogP contribution < -0.4 is 10.6 Å². The fourth-order valence-electron chi connectivity index (χ4n) is 3.14. The maximum absolute atomic E-state index is 13.9. The van der Waals surface area contributed by atoms with Gasteiger partial charge in [-0.3, -0.25) is 4.99 Å². The number of fused-ring (bicyclic) bond motifs is 1. The van der Waals surface area contributed by atoms with E-state index in [4.69, 9.17) is 5.26 Å². The van der Waals surface area contributed by atoms with Crippen molar-refractivity contribution in [2.75, 3.05) is 13.6 Å². The molecule has 1 heterocycles. The topological polar surface area (TPSA) is 76.0 Å². The van der Waals surface area contributed by atoms with Crippen LogP contribution in [0.15, 0.2) is 47.5 Å². The van der Waals surface area contributed by atoms with Gasteiger partial charge in [0.1, 0.15) is 5.82 Å². The van der Waals surface area contributed by atoms with Gasteiger partial charge in [-0.15, -0.1) is 24.0 Å². The van der Waals surface area contributed by atoms with Gasteiger partial charge < -0.3 is 15.6 Å². The van der Waals surface area contributed by atoms with Crippen molar-refractivity contribution in [2.45, 2.75) is 19.9 Å². The molecular weight excluding hydrogens is 468 g/mol. The lowest BCUT2D eigenvalue weighted by Crippen LogP contribution is -2.38. The lowest BCUT2D eigenvalue weighted by atomic mass is 10.1. The Morgan fingerprint density at radius 1 is 1.21 bits per heavy atom. The first kappa shape index (κ1) is 21.7. The molecule has 2 aromatic carbocycles. The smallest absolute Gasteiger partial charge is 0.191 e. The van der Waals surface area contributed by atoms with Crippen LogP contribution in [0.5, 0.6) is 0 Å². The molecule has 0 bridgehead atoms. The monoisotopic (exact) mass is 491 g/mol. The normalized spacial score (nSPS) is 11.0. The summed E-state index contributed by atoms with van der Waals surface area (Å²) >= 11 is 0. The Labute approximate surface area is 181 Å². The molecule has 5 nitrogen and oxygen atoms in total. The van der Waals surface area contributed by atoms with E-state index < -0.39 is 0 Å². The Morgan fingerprint density at radius 2 is 2.00 bits per heavy atom. The SMILES string of the molecule is CN=C(NCCc1c(C)[nH]c2ccccc12)NCc1cc(C#N)ccc1F.I. The third kappa shape index (κ3) is 5.01. The number of guanidine groups is 1. The third-order valence-corrected chi connectivity index (χ3v) is 4.54. The number of nitrogens with one attached hydrogen (secondary N) is 3. The largest absolute Gasteiger partial charge is 0.358 e. The Balaban J connectivity index is 0.00000280. The van der Waals surface area contributed by atoms with Gasteiger partial charge in [0.15, 0.2) is 5.96 Å². The maximum Gasteiger partial charge on any atom is 0.191 e. The molecule has 146 valence electrons. The van der Waals surface area contributed by atoms with Crippen molar-refractivity contribution >= 4 is 40.8 Å². The van der Waals surface area contributed by atoms with Crippen molar-refractivity contribution in [2.24, 2.45) is 4.99 Å². The number of hydrogen-bond acceptors (Lipinski definition) is 2. The molecule has 7 heteroatoms. The second-order valence-electron chi connectivity index (χ2n) is 6.29. The molecule has 3 N–H and O–H groups in total. The number of halogens is 2. The van der Waals surface area contributed by atoms with Crippen molar-refractivity contribution in [1.82, 2.24) is 15.6 Å². The van der Waals surface area contributed by atoms with Crippen molar-refractivity contribution in [1.29, 1.82) is 5.26 Å². The molecule has 0 radical (unpaired) electrons. The Bertz CT molecular complexity index is 1020. The second-order valence-corrected chi connectivity index (χ2v) is 6.29. The summed E-state index contributed by atoms with van der Waals surface area (Å²) in [6.07, 6.45) is 0.842. The van der Waals surface area contributed by atoms with Gasteiger partial charge in [0.2, 0.25) is 0 Å². The molecule has 0 spiro atoms. The molecule has 0 aliphatic rings. The minimum Gasteiger partial charge on any atom is -0.358 e. The highest BCUT2D eigenvalue weighted by atomic mass is 127. The third-order valence-electron chi connectivity index (χ3n) is 4.54. The van der Waals surface area contributed by atoms with Gasteiger partial charge >= 0.3 is 0 Å². The van der Waals surface area contributed by atoms with Gasteiger partial charge in [0.05, 0.1) is 11.6 Å². The molecule has 1 aromatic heterocycles. The van der Waals surface area contributed by atoms with E-state index in [-0.39, 0.29) is 36.3 Å². The number of benzene rings is 2. The Morgan fingerprint density at radius 3 is 2.75 bits per heavy atom. The lowest BCUT2D eigenvalue weighted by molar-refractivity contribution is 0.604. The average molecular weight is 491 g/mol. The van der Waals surface area contributed by atoms with Crippen molar-refractivity contribution in [3.8, 4) is 6.07 Å². The van der Waals surface area contributed by atoms with Gasteiger partial charge in [-0.25, -0.2) is 4.39 Å². The zero-order chi connectivity index (χ0) is 19.2. The summed E-state index contributed by atoms with van der Waals surface area (Å²) in [6, 6.07) is 14.6. The Kier molecular flexibility index (Phi) is 7.81. The summed E-state index contributed by atoms with van der Waals surface area (Å²) in [5.41, 5.74) is 4.45. The van der Waals surface area contributed by atoms with E-state index in [1.54, 1.807) is 13.1 Å². The number of hydrogen-bond donors (Lipinski definition) is 3. The molecule has 0 unspecified atom stereocenters. The van der Waals surface area contributed by atoms with Crippen LogP contribution in [0.25, 0.3) is 10.9 Å². The average Bonchev–Trinajstić information content (AvgIpc) is 3.01. The highest BCUT2D eigenvalue weighted by Crippen LogP contribution is 2.21. The first-order valence-electron chi connectivity index (χ1n) is 8.81. The number of aromatic nitrogens is 1. The molecule has 0 aliphatic heterocycles. The molecule has 0 saturated heterocycles. The maximum atomic E-state index is 13.9. The van der Waals surface area contributed by atoms with Gasteiger partial charge in [-0.2, -0.15) is 5.26 Å². The summed E-state index contributed by atoms with van der Waals surface area (Å²) < 4.78 is 13.9. The summed E-state index contributed by atoms with van der Waals surface area (Å²) in [5, 5.41) is 16.5. The Hall–Kier alpha value is -2.60. The van der Waals surface area contributed by atoms with Crippen LogP contribution in [0, 0.1) is 24.1 Å². The second kappa shape index (κ2) is 10.1. The molecule has 3 rings (SSSR count). The van der Waals surface area contributed by atoms with Crippen LogP contribution in [-0.2, 0) is 13.0 Å². The van der Waals surface area contributed by atoms with Crippen LogP contribution in [0.1, 0.15) is 22.4 Å². The predicted molar refractivity (Wildman–Crippen MR) is 121 cm³/mol. The first-order chi connectivity index (χ1) is 13.1. The van der Waals surface area contributed by atoms with Crippen LogP contribution in [0.2, 0.25) is 0 Å². The predicted octanol–water partition coefficient (Wildman–Crippen LogP) is 4.01. The number of aromatic amines is 1. The van der Waals surface area contributed by atoms with Gasteiger partial charge in [0, 0.05) is 42.3 Å². The van der Waals surface area contributed by atoms with Gasteiger partial charge in [0.25, 0.3) is 0 Å².